The molecular weight excluding hydrogens is 343 g/mol. The molecule has 0 unspecified atom stereocenters. The normalized spacial score (nSPS) is 11.7. The SMILES string of the molecule is CC(C)(C)OC(=O)c1cccc(-c2cccc(Cl)c2)c1C=CCCl. The molecule has 0 saturated carbocycles. The van der Waals surface area contributed by atoms with Gasteiger partial charge in [-0.25, -0.2) is 4.79 Å². The maximum atomic E-state index is 12.6. The van der Waals surface area contributed by atoms with Crippen LogP contribution < -0.4 is 0 Å². The molecule has 0 heterocycles. The van der Waals surface area contributed by atoms with E-state index in [0.717, 1.165) is 16.7 Å². The second-order valence-corrected chi connectivity index (χ2v) is 7.08. The zero-order valence-corrected chi connectivity index (χ0v) is 15.5. The summed E-state index contributed by atoms with van der Waals surface area (Å²) in [6.45, 7) is 5.54. The first-order valence-corrected chi connectivity index (χ1v) is 8.58. The summed E-state index contributed by atoms with van der Waals surface area (Å²) in [5, 5.41) is 0.641. The minimum atomic E-state index is -0.559. The van der Waals surface area contributed by atoms with Gasteiger partial charge >= 0.3 is 5.97 Å². The smallest absolute Gasteiger partial charge is 0.339 e. The van der Waals surface area contributed by atoms with Crippen LogP contribution in [-0.4, -0.2) is 17.5 Å². The van der Waals surface area contributed by atoms with Gasteiger partial charge in [-0.05, 0) is 55.7 Å². The van der Waals surface area contributed by atoms with Gasteiger partial charge in [0.25, 0.3) is 0 Å². The standard InChI is InChI=1S/C20H20Cl2O2/c1-20(2,3)24-19(23)18-10-5-9-16(17(18)11-6-12-21)14-7-4-8-15(22)13-14/h4-11,13H,12H2,1-3H3. The molecule has 2 aromatic carbocycles. The van der Waals surface area contributed by atoms with Gasteiger partial charge in [0.05, 0.1) is 5.56 Å². The summed E-state index contributed by atoms with van der Waals surface area (Å²) < 4.78 is 5.53. The van der Waals surface area contributed by atoms with Gasteiger partial charge in [-0.1, -0.05) is 48.0 Å². The second-order valence-electron chi connectivity index (χ2n) is 6.34. The number of carbonyl (C=O) groups excluding carboxylic acids is 1. The van der Waals surface area contributed by atoms with Gasteiger partial charge in [0, 0.05) is 10.9 Å². The number of alkyl halides is 1. The highest BCUT2D eigenvalue weighted by Gasteiger charge is 2.21. The number of ether oxygens (including phenoxy) is 1. The van der Waals surface area contributed by atoms with Crippen LogP contribution in [0.15, 0.2) is 48.5 Å². The van der Waals surface area contributed by atoms with Crippen LogP contribution in [0.1, 0.15) is 36.7 Å². The molecule has 0 aliphatic heterocycles. The lowest BCUT2D eigenvalue weighted by molar-refractivity contribution is 0.00694. The lowest BCUT2D eigenvalue weighted by Crippen LogP contribution is -2.24. The summed E-state index contributed by atoms with van der Waals surface area (Å²) in [4.78, 5) is 12.6. The summed E-state index contributed by atoms with van der Waals surface area (Å²) in [7, 11) is 0. The Morgan fingerprint density at radius 3 is 2.50 bits per heavy atom. The summed E-state index contributed by atoms with van der Waals surface area (Å²) >= 11 is 11.9. The molecule has 0 aliphatic carbocycles. The van der Waals surface area contributed by atoms with E-state index < -0.39 is 5.60 Å². The van der Waals surface area contributed by atoms with E-state index in [2.05, 4.69) is 0 Å². The van der Waals surface area contributed by atoms with Gasteiger partial charge in [0.2, 0.25) is 0 Å². The van der Waals surface area contributed by atoms with E-state index in [9.17, 15) is 4.79 Å². The molecule has 0 fully saturated rings. The predicted octanol–water partition coefficient (Wildman–Crippen LogP) is 6.21. The zero-order chi connectivity index (χ0) is 17.7. The molecular formula is C20H20Cl2O2. The molecule has 0 aromatic heterocycles. The van der Waals surface area contributed by atoms with E-state index in [-0.39, 0.29) is 5.97 Å². The van der Waals surface area contributed by atoms with Crippen LogP contribution in [0, 0.1) is 0 Å². The van der Waals surface area contributed by atoms with Crippen LogP contribution in [0.2, 0.25) is 5.02 Å². The molecule has 24 heavy (non-hydrogen) atoms. The quantitative estimate of drug-likeness (QED) is 0.477. The van der Waals surface area contributed by atoms with Crippen molar-refractivity contribution in [3.8, 4) is 11.1 Å². The first-order valence-electron chi connectivity index (χ1n) is 7.66. The first kappa shape index (κ1) is 18.6. The van der Waals surface area contributed by atoms with E-state index in [1.165, 1.54) is 0 Å². The van der Waals surface area contributed by atoms with E-state index in [1.54, 1.807) is 12.1 Å². The molecule has 2 aromatic rings. The predicted molar refractivity (Wildman–Crippen MR) is 102 cm³/mol. The van der Waals surface area contributed by atoms with Crippen LogP contribution in [0.5, 0.6) is 0 Å². The molecule has 0 aliphatic rings. The molecule has 4 heteroatoms. The third-order valence-electron chi connectivity index (χ3n) is 3.23. The topological polar surface area (TPSA) is 26.3 Å². The van der Waals surface area contributed by atoms with Gasteiger partial charge in [-0.2, -0.15) is 0 Å². The van der Waals surface area contributed by atoms with E-state index in [0.29, 0.717) is 16.5 Å². The van der Waals surface area contributed by atoms with E-state index in [4.69, 9.17) is 27.9 Å². The van der Waals surface area contributed by atoms with Crippen molar-refractivity contribution in [3.05, 3.63) is 64.7 Å². The summed E-state index contributed by atoms with van der Waals surface area (Å²) in [6, 6.07) is 13.1. The van der Waals surface area contributed by atoms with Gasteiger partial charge < -0.3 is 4.74 Å². The van der Waals surface area contributed by atoms with E-state index >= 15 is 0 Å². The average molecular weight is 363 g/mol. The Bertz CT molecular complexity index is 758. The Hall–Kier alpha value is -1.77. The summed E-state index contributed by atoms with van der Waals surface area (Å²) in [5.41, 5.74) is 2.55. The van der Waals surface area contributed by atoms with Crippen molar-refractivity contribution >= 4 is 35.2 Å². The fourth-order valence-electron chi connectivity index (χ4n) is 2.33. The monoisotopic (exact) mass is 362 g/mol. The maximum Gasteiger partial charge on any atom is 0.339 e. The zero-order valence-electron chi connectivity index (χ0n) is 14.0. The largest absolute Gasteiger partial charge is 0.456 e. The molecule has 2 rings (SSSR count). The van der Waals surface area contributed by atoms with Crippen molar-refractivity contribution in [3.63, 3.8) is 0 Å². The number of allylic oxidation sites excluding steroid dienone is 1. The number of halogens is 2. The highest BCUT2D eigenvalue weighted by Crippen LogP contribution is 2.30. The number of rotatable bonds is 4. The number of benzene rings is 2. The third kappa shape index (κ3) is 4.86. The maximum absolute atomic E-state index is 12.6. The molecule has 0 atom stereocenters. The minimum Gasteiger partial charge on any atom is -0.456 e. The van der Waals surface area contributed by atoms with Crippen LogP contribution in [0.25, 0.3) is 17.2 Å². The fraction of sp³-hybridized carbons (Fsp3) is 0.250. The molecule has 0 spiro atoms. The van der Waals surface area contributed by atoms with Crippen molar-refractivity contribution < 1.29 is 9.53 Å². The van der Waals surface area contributed by atoms with Gasteiger partial charge in [0.1, 0.15) is 5.60 Å². The van der Waals surface area contributed by atoms with Crippen LogP contribution in [-0.2, 0) is 4.74 Å². The highest BCUT2D eigenvalue weighted by molar-refractivity contribution is 6.30. The minimum absolute atomic E-state index is 0.359. The molecule has 0 saturated heterocycles. The number of hydrogen-bond donors (Lipinski definition) is 0. The van der Waals surface area contributed by atoms with Crippen LogP contribution >= 0.6 is 23.2 Å². The molecule has 0 radical (unpaired) electrons. The molecule has 2 nitrogen and oxygen atoms in total. The Morgan fingerprint density at radius 1 is 1.17 bits per heavy atom. The highest BCUT2D eigenvalue weighted by atomic mass is 35.5. The van der Waals surface area contributed by atoms with Crippen molar-refractivity contribution in [2.45, 2.75) is 26.4 Å². The fourth-order valence-corrected chi connectivity index (χ4v) is 2.61. The number of hydrogen-bond acceptors (Lipinski definition) is 2. The molecule has 0 bridgehead atoms. The average Bonchev–Trinajstić information content (AvgIpc) is 2.51. The Morgan fingerprint density at radius 2 is 1.88 bits per heavy atom. The van der Waals surface area contributed by atoms with Crippen molar-refractivity contribution in [1.82, 2.24) is 0 Å². The first-order chi connectivity index (χ1) is 11.3. The lowest BCUT2D eigenvalue weighted by Gasteiger charge is -2.21. The third-order valence-corrected chi connectivity index (χ3v) is 3.65. The molecule has 126 valence electrons. The number of carbonyl (C=O) groups is 1. The van der Waals surface area contributed by atoms with Gasteiger partial charge in [-0.15, -0.1) is 11.6 Å². The summed E-state index contributed by atoms with van der Waals surface area (Å²) in [5.74, 6) is -0.00179. The summed E-state index contributed by atoms with van der Waals surface area (Å²) in [6.07, 6.45) is 3.65. The van der Waals surface area contributed by atoms with Crippen molar-refractivity contribution in [2.24, 2.45) is 0 Å². The van der Waals surface area contributed by atoms with E-state index in [1.807, 2.05) is 63.2 Å². The van der Waals surface area contributed by atoms with Gasteiger partial charge in [0.15, 0.2) is 0 Å². The lowest BCUT2D eigenvalue weighted by atomic mass is 9.95. The van der Waals surface area contributed by atoms with Crippen molar-refractivity contribution in [2.75, 3.05) is 5.88 Å². The molecule has 0 N–H and O–H groups in total. The Labute approximate surface area is 153 Å². The van der Waals surface area contributed by atoms with Crippen molar-refractivity contribution in [1.29, 1.82) is 0 Å². The molecule has 0 amide bonds. The van der Waals surface area contributed by atoms with Gasteiger partial charge in [-0.3, -0.25) is 0 Å². The van der Waals surface area contributed by atoms with Crippen LogP contribution in [0.3, 0.4) is 0 Å². The number of esters is 1. The van der Waals surface area contributed by atoms with Crippen LogP contribution in [0.4, 0.5) is 0 Å². The second kappa shape index (κ2) is 7.87. The Balaban J connectivity index is 2.58. The Kier molecular flexibility index (Phi) is 6.09.